The van der Waals surface area contributed by atoms with Crippen molar-refractivity contribution in [2.45, 2.75) is 37.6 Å². The number of nitrogens with zero attached hydrogens (tertiary/aromatic N) is 2. The van der Waals surface area contributed by atoms with E-state index in [0.29, 0.717) is 37.5 Å². The number of carboxylic acids is 1. The summed E-state index contributed by atoms with van der Waals surface area (Å²) >= 11 is 0. The topological polar surface area (TPSA) is 88.7 Å². The second kappa shape index (κ2) is 10.1. The first-order chi connectivity index (χ1) is 17.0. The van der Waals surface area contributed by atoms with Crippen LogP contribution in [0.3, 0.4) is 0 Å². The molecule has 1 aromatic heterocycles. The number of aromatic nitrogens is 1. The average Bonchev–Trinajstić information content (AvgIpc) is 3.29. The molecule has 7 nitrogen and oxygen atoms in total. The number of rotatable bonds is 5. The van der Waals surface area contributed by atoms with Crippen molar-refractivity contribution in [1.29, 1.82) is 0 Å². The highest BCUT2D eigenvalue weighted by molar-refractivity contribution is 5.89. The maximum absolute atomic E-state index is 13.4. The smallest absolute Gasteiger partial charge is 0.321 e. The van der Waals surface area contributed by atoms with Gasteiger partial charge in [0.15, 0.2) is 0 Å². The van der Waals surface area contributed by atoms with E-state index in [2.05, 4.69) is 39.6 Å². The fraction of sp³-hybridized carbons (Fsp3) is 0.407. The molecule has 0 spiro atoms. The lowest BCUT2D eigenvalue weighted by molar-refractivity contribution is -0.146. The van der Waals surface area contributed by atoms with E-state index in [4.69, 9.17) is 0 Å². The molecule has 3 heterocycles. The van der Waals surface area contributed by atoms with Gasteiger partial charge in [-0.25, -0.2) is 9.18 Å². The minimum atomic E-state index is -0.779. The molecule has 2 aliphatic heterocycles. The van der Waals surface area contributed by atoms with E-state index in [1.807, 2.05) is 6.07 Å². The average molecular weight is 479 g/mol. The highest BCUT2D eigenvalue weighted by Crippen LogP contribution is 2.35. The molecule has 0 saturated carbocycles. The number of H-pyrrole nitrogens is 1. The lowest BCUT2D eigenvalue weighted by atomic mass is 9.84. The van der Waals surface area contributed by atoms with Crippen LogP contribution in [-0.4, -0.2) is 64.1 Å². The number of hydrogen-bond acceptors (Lipinski definition) is 3. The molecule has 35 heavy (non-hydrogen) atoms. The van der Waals surface area contributed by atoms with Crippen molar-refractivity contribution in [2.75, 3.05) is 31.5 Å². The number of carboxylic acid groups (broad SMARTS) is 1. The predicted octanol–water partition coefficient (Wildman–Crippen LogP) is 4.88. The first-order valence-corrected chi connectivity index (χ1v) is 12.3. The van der Waals surface area contributed by atoms with Crippen LogP contribution in [0.15, 0.2) is 54.7 Å². The molecule has 2 saturated heterocycles. The SMILES string of the molecule is O=C(O)C(C1CCN(C(=O)Nc2cccc(F)c2)CC1)N1CCC(c2c[nH]c3ccccc23)CC1. The zero-order chi connectivity index (χ0) is 24.4. The quantitative estimate of drug-likeness (QED) is 0.488. The molecule has 3 N–H and O–H groups in total. The number of likely N-dealkylation sites (tertiary alicyclic amines) is 2. The van der Waals surface area contributed by atoms with E-state index in [-0.39, 0.29) is 11.9 Å². The molecule has 1 unspecified atom stereocenters. The molecule has 5 rings (SSSR count). The van der Waals surface area contributed by atoms with E-state index in [1.165, 1.54) is 23.1 Å². The Kier molecular flexibility index (Phi) is 6.72. The first-order valence-electron chi connectivity index (χ1n) is 12.3. The van der Waals surface area contributed by atoms with Gasteiger partial charge in [0, 0.05) is 35.9 Å². The molecule has 0 radical (unpaired) electrons. The summed E-state index contributed by atoms with van der Waals surface area (Å²) in [6.07, 6.45) is 5.23. The van der Waals surface area contributed by atoms with Crippen molar-refractivity contribution < 1.29 is 19.1 Å². The minimum absolute atomic E-state index is 0.00430. The highest BCUT2D eigenvalue weighted by atomic mass is 19.1. The number of anilines is 1. The molecular formula is C27H31FN4O3. The Labute approximate surface area is 203 Å². The maximum Gasteiger partial charge on any atom is 0.321 e. The molecule has 184 valence electrons. The van der Waals surface area contributed by atoms with Crippen molar-refractivity contribution in [1.82, 2.24) is 14.8 Å². The van der Waals surface area contributed by atoms with Crippen molar-refractivity contribution >= 4 is 28.6 Å². The Hall–Kier alpha value is -3.39. The number of urea groups is 1. The molecule has 2 aromatic carbocycles. The molecule has 2 amide bonds. The summed E-state index contributed by atoms with van der Waals surface area (Å²) < 4.78 is 13.4. The number of hydrogen-bond donors (Lipinski definition) is 3. The Balaban J connectivity index is 1.17. The second-order valence-electron chi connectivity index (χ2n) is 9.65. The molecular weight excluding hydrogens is 447 g/mol. The third-order valence-electron chi connectivity index (χ3n) is 7.59. The fourth-order valence-corrected chi connectivity index (χ4v) is 5.76. The maximum atomic E-state index is 13.4. The van der Waals surface area contributed by atoms with Gasteiger partial charge in [0.25, 0.3) is 0 Å². The largest absolute Gasteiger partial charge is 0.480 e. The molecule has 3 aromatic rings. The van der Waals surface area contributed by atoms with Gasteiger partial charge in [-0.3, -0.25) is 9.69 Å². The van der Waals surface area contributed by atoms with Crippen LogP contribution in [0.5, 0.6) is 0 Å². The van der Waals surface area contributed by atoms with Gasteiger partial charge in [0.05, 0.1) is 0 Å². The van der Waals surface area contributed by atoms with Gasteiger partial charge in [-0.15, -0.1) is 0 Å². The number of aliphatic carboxylic acids is 1. The molecule has 1 atom stereocenters. The van der Waals surface area contributed by atoms with Crippen LogP contribution in [0.2, 0.25) is 0 Å². The summed E-state index contributed by atoms with van der Waals surface area (Å²) in [4.78, 5) is 32.1. The van der Waals surface area contributed by atoms with E-state index < -0.39 is 17.8 Å². The Morgan fingerprint density at radius 3 is 2.46 bits per heavy atom. The molecule has 8 heteroatoms. The van der Waals surface area contributed by atoms with Gasteiger partial charge in [-0.1, -0.05) is 24.3 Å². The highest BCUT2D eigenvalue weighted by Gasteiger charge is 2.38. The molecule has 2 aliphatic rings. The van der Waals surface area contributed by atoms with Crippen molar-refractivity contribution in [2.24, 2.45) is 5.92 Å². The van der Waals surface area contributed by atoms with Crippen LogP contribution in [0.25, 0.3) is 10.9 Å². The van der Waals surface area contributed by atoms with Gasteiger partial charge >= 0.3 is 12.0 Å². The van der Waals surface area contributed by atoms with Crippen LogP contribution in [0.4, 0.5) is 14.9 Å². The third-order valence-corrected chi connectivity index (χ3v) is 7.59. The normalized spacial score (nSPS) is 19.1. The van der Waals surface area contributed by atoms with Gasteiger partial charge in [-0.05, 0) is 80.4 Å². The number of fused-ring (bicyclic) bond motifs is 1. The van der Waals surface area contributed by atoms with E-state index in [1.54, 1.807) is 17.0 Å². The predicted molar refractivity (Wildman–Crippen MR) is 133 cm³/mol. The number of carbonyl (C=O) groups is 2. The first kappa shape index (κ1) is 23.4. The van der Waals surface area contributed by atoms with Gasteiger partial charge < -0.3 is 20.3 Å². The zero-order valence-corrected chi connectivity index (χ0v) is 19.6. The van der Waals surface area contributed by atoms with E-state index in [0.717, 1.165) is 31.4 Å². The summed E-state index contributed by atoms with van der Waals surface area (Å²) in [6.45, 7) is 2.48. The second-order valence-corrected chi connectivity index (χ2v) is 9.65. The fourth-order valence-electron chi connectivity index (χ4n) is 5.76. The monoisotopic (exact) mass is 478 g/mol. The summed E-state index contributed by atoms with van der Waals surface area (Å²) in [7, 11) is 0. The number of amides is 2. The van der Waals surface area contributed by atoms with Crippen molar-refractivity contribution in [3.63, 3.8) is 0 Å². The van der Waals surface area contributed by atoms with Gasteiger partial charge in [0.1, 0.15) is 11.9 Å². The van der Waals surface area contributed by atoms with Crippen molar-refractivity contribution in [3.05, 3.63) is 66.1 Å². The third kappa shape index (κ3) is 5.03. The number of halogens is 1. The van der Waals surface area contributed by atoms with Gasteiger partial charge in [-0.2, -0.15) is 0 Å². The molecule has 0 aliphatic carbocycles. The summed E-state index contributed by atoms with van der Waals surface area (Å²) in [5.74, 6) is -0.766. The van der Waals surface area contributed by atoms with E-state index in [9.17, 15) is 19.1 Å². The van der Waals surface area contributed by atoms with Crippen LogP contribution in [-0.2, 0) is 4.79 Å². The van der Waals surface area contributed by atoms with Crippen LogP contribution in [0.1, 0.15) is 37.2 Å². The van der Waals surface area contributed by atoms with Crippen LogP contribution in [0, 0.1) is 11.7 Å². The lowest BCUT2D eigenvalue weighted by Gasteiger charge is -2.41. The number of para-hydroxylation sites is 1. The summed E-state index contributed by atoms with van der Waals surface area (Å²) in [6, 6.07) is 13.3. The Morgan fingerprint density at radius 1 is 1.00 bits per heavy atom. The molecule has 0 bridgehead atoms. The Morgan fingerprint density at radius 2 is 1.74 bits per heavy atom. The number of benzene rings is 2. The lowest BCUT2D eigenvalue weighted by Crippen LogP contribution is -2.52. The van der Waals surface area contributed by atoms with E-state index >= 15 is 0 Å². The summed E-state index contributed by atoms with van der Waals surface area (Å²) in [5, 5.41) is 14.1. The number of piperidine rings is 2. The van der Waals surface area contributed by atoms with Crippen LogP contribution < -0.4 is 5.32 Å². The molecule has 2 fully saturated rings. The number of nitrogens with one attached hydrogen (secondary N) is 2. The number of aromatic amines is 1. The van der Waals surface area contributed by atoms with Gasteiger partial charge in [0.2, 0.25) is 0 Å². The Bertz CT molecular complexity index is 1200. The number of carbonyl (C=O) groups excluding carboxylic acids is 1. The summed E-state index contributed by atoms with van der Waals surface area (Å²) in [5.41, 5.74) is 2.88. The standard InChI is InChI=1S/C27H31FN4O3/c28-20-4-3-5-21(16-20)30-27(35)32-14-10-19(11-15-32)25(26(33)34)31-12-8-18(9-13-31)23-17-29-24-7-2-1-6-22(23)24/h1-7,16-19,25,29H,8-15H2,(H,30,35)(H,33,34). The van der Waals surface area contributed by atoms with Crippen LogP contribution >= 0.6 is 0 Å². The minimum Gasteiger partial charge on any atom is -0.480 e. The zero-order valence-electron chi connectivity index (χ0n) is 19.6. The van der Waals surface area contributed by atoms with Crippen molar-refractivity contribution in [3.8, 4) is 0 Å².